The molecule has 0 bridgehead atoms. The van der Waals surface area contributed by atoms with Crippen molar-refractivity contribution < 1.29 is 9.59 Å². The predicted molar refractivity (Wildman–Crippen MR) is 112 cm³/mol. The van der Waals surface area contributed by atoms with Crippen molar-refractivity contribution >= 4 is 44.8 Å². The first-order valence-electron chi connectivity index (χ1n) is 8.50. The summed E-state index contributed by atoms with van der Waals surface area (Å²) in [6.07, 6.45) is 3.10. The molecule has 4 N–H and O–H groups in total. The van der Waals surface area contributed by atoms with Gasteiger partial charge in [-0.15, -0.1) is 0 Å². The number of amides is 2. The maximum Gasteiger partial charge on any atom is 0.263 e. The fourth-order valence-electron chi connectivity index (χ4n) is 2.38. The Labute approximate surface area is 170 Å². The van der Waals surface area contributed by atoms with Gasteiger partial charge >= 0.3 is 0 Å². The van der Waals surface area contributed by atoms with Gasteiger partial charge in [-0.1, -0.05) is 46.9 Å². The van der Waals surface area contributed by atoms with Gasteiger partial charge < -0.3 is 21.3 Å². The molecule has 3 rings (SSSR count). The molecule has 2 aromatic heterocycles. The molecule has 28 heavy (non-hydrogen) atoms. The molecular weight excluding hydrogens is 396 g/mol. The number of aromatic nitrogens is 2. The van der Waals surface area contributed by atoms with Crippen LogP contribution in [0.2, 0.25) is 0 Å². The second kappa shape index (κ2) is 9.29. The standard InChI is InChI=1S/C18H20N6O2S2/c1-19-17-23-9-13(27-17)15(25)21-7-11-4-3-5-12(6-11)8-22-16(26)14-10-24-18(20-2)28-14/h3-6,9-10H,7-8H2,1-2H3,(H,19,23)(H,20,24)(H,21,25)(H,22,26). The zero-order valence-corrected chi connectivity index (χ0v) is 17.0. The van der Waals surface area contributed by atoms with E-state index in [9.17, 15) is 9.59 Å². The molecule has 2 amide bonds. The van der Waals surface area contributed by atoms with Gasteiger partial charge in [0.1, 0.15) is 9.75 Å². The minimum Gasteiger partial charge on any atom is -0.365 e. The molecule has 0 atom stereocenters. The van der Waals surface area contributed by atoms with Gasteiger partial charge in [0.15, 0.2) is 10.3 Å². The van der Waals surface area contributed by atoms with Gasteiger partial charge in [-0.05, 0) is 11.1 Å². The second-order valence-electron chi connectivity index (χ2n) is 5.74. The summed E-state index contributed by atoms with van der Waals surface area (Å²) in [4.78, 5) is 33.7. The summed E-state index contributed by atoms with van der Waals surface area (Å²) in [5.74, 6) is -0.327. The number of benzene rings is 1. The van der Waals surface area contributed by atoms with E-state index in [0.717, 1.165) is 11.1 Å². The summed E-state index contributed by atoms with van der Waals surface area (Å²) in [5.41, 5.74) is 1.91. The SMILES string of the molecule is CNc1ncc(C(=O)NCc2cccc(CNC(=O)c3cnc(NC)s3)c2)s1. The van der Waals surface area contributed by atoms with E-state index in [1.807, 2.05) is 24.3 Å². The van der Waals surface area contributed by atoms with Crippen LogP contribution < -0.4 is 21.3 Å². The molecule has 2 heterocycles. The number of rotatable bonds is 8. The van der Waals surface area contributed by atoms with Crippen molar-refractivity contribution in [2.24, 2.45) is 0 Å². The van der Waals surface area contributed by atoms with E-state index in [4.69, 9.17) is 0 Å². The molecule has 8 nitrogen and oxygen atoms in total. The van der Waals surface area contributed by atoms with Crippen LogP contribution in [-0.2, 0) is 13.1 Å². The number of carbonyl (C=O) groups is 2. The smallest absolute Gasteiger partial charge is 0.263 e. The number of carbonyl (C=O) groups excluding carboxylic acids is 2. The highest BCUT2D eigenvalue weighted by Crippen LogP contribution is 2.18. The summed E-state index contributed by atoms with van der Waals surface area (Å²) < 4.78 is 0. The number of thiazole rings is 2. The van der Waals surface area contributed by atoms with Crippen LogP contribution in [-0.4, -0.2) is 35.9 Å². The van der Waals surface area contributed by atoms with Crippen LogP contribution >= 0.6 is 22.7 Å². The number of nitrogens with one attached hydrogen (secondary N) is 4. The molecule has 0 aliphatic carbocycles. The Morgan fingerprint density at radius 2 is 1.32 bits per heavy atom. The first-order chi connectivity index (χ1) is 13.6. The third-order valence-electron chi connectivity index (χ3n) is 3.78. The Hall–Kier alpha value is -2.98. The topological polar surface area (TPSA) is 108 Å². The maximum absolute atomic E-state index is 12.2. The Kier molecular flexibility index (Phi) is 6.56. The van der Waals surface area contributed by atoms with Crippen molar-refractivity contribution in [1.82, 2.24) is 20.6 Å². The average molecular weight is 417 g/mol. The lowest BCUT2D eigenvalue weighted by Crippen LogP contribution is -2.23. The largest absolute Gasteiger partial charge is 0.365 e. The monoisotopic (exact) mass is 416 g/mol. The zero-order chi connectivity index (χ0) is 19.9. The molecule has 3 aromatic rings. The normalized spacial score (nSPS) is 10.4. The van der Waals surface area contributed by atoms with Crippen molar-refractivity contribution in [2.45, 2.75) is 13.1 Å². The fraction of sp³-hybridized carbons (Fsp3) is 0.222. The van der Waals surface area contributed by atoms with Gasteiger partial charge in [0.2, 0.25) is 0 Å². The van der Waals surface area contributed by atoms with E-state index < -0.39 is 0 Å². The Morgan fingerprint density at radius 1 is 0.857 bits per heavy atom. The highest BCUT2D eigenvalue weighted by molar-refractivity contribution is 7.17. The Morgan fingerprint density at radius 3 is 1.71 bits per heavy atom. The minimum atomic E-state index is -0.164. The van der Waals surface area contributed by atoms with Crippen LogP contribution in [0.4, 0.5) is 10.3 Å². The highest BCUT2D eigenvalue weighted by atomic mass is 32.1. The van der Waals surface area contributed by atoms with Crippen LogP contribution in [0.25, 0.3) is 0 Å². The average Bonchev–Trinajstić information content (AvgIpc) is 3.40. The molecule has 0 unspecified atom stereocenters. The molecule has 0 fully saturated rings. The Balaban J connectivity index is 1.53. The van der Waals surface area contributed by atoms with Gasteiger partial charge in [0, 0.05) is 27.2 Å². The van der Waals surface area contributed by atoms with Crippen molar-refractivity contribution in [1.29, 1.82) is 0 Å². The molecule has 0 saturated heterocycles. The molecule has 1 aromatic carbocycles. The van der Waals surface area contributed by atoms with E-state index >= 15 is 0 Å². The summed E-state index contributed by atoms with van der Waals surface area (Å²) >= 11 is 2.60. The van der Waals surface area contributed by atoms with E-state index in [-0.39, 0.29) is 11.8 Å². The lowest BCUT2D eigenvalue weighted by molar-refractivity contribution is 0.0947. The van der Waals surface area contributed by atoms with Crippen LogP contribution in [0.3, 0.4) is 0 Å². The van der Waals surface area contributed by atoms with Gasteiger partial charge in [0.25, 0.3) is 11.8 Å². The van der Waals surface area contributed by atoms with Crippen molar-refractivity contribution in [3.63, 3.8) is 0 Å². The number of hydrogen-bond donors (Lipinski definition) is 4. The molecule has 0 spiro atoms. The predicted octanol–water partition coefficient (Wildman–Crippen LogP) is 2.54. The molecular formula is C18H20N6O2S2. The van der Waals surface area contributed by atoms with Crippen LogP contribution in [0.15, 0.2) is 36.7 Å². The first-order valence-corrected chi connectivity index (χ1v) is 10.1. The second-order valence-corrected chi connectivity index (χ2v) is 7.81. The Bertz CT molecular complexity index is 895. The molecule has 0 aliphatic rings. The number of hydrogen-bond acceptors (Lipinski definition) is 8. The quantitative estimate of drug-likeness (QED) is 0.449. The van der Waals surface area contributed by atoms with E-state index in [0.29, 0.717) is 33.1 Å². The van der Waals surface area contributed by atoms with Crippen molar-refractivity contribution in [3.8, 4) is 0 Å². The molecule has 10 heteroatoms. The summed E-state index contributed by atoms with van der Waals surface area (Å²) in [5, 5.41) is 13.0. The van der Waals surface area contributed by atoms with Crippen molar-refractivity contribution in [2.75, 3.05) is 24.7 Å². The zero-order valence-electron chi connectivity index (χ0n) is 15.4. The van der Waals surface area contributed by atoms with Gasteiger partial charge in [-0.3, -0.25) is 9.59 Å². The fourth-order valence-corrected chi connectivity index (χ4v) is 3.75. The van der Waals surface area contributed by atoms with Gasteiger partial charge in [-0.25, -0.2) is 9.97 Å². The van der Waals surface area contributed by atoms with Crippen LogP contribution in [0.1, 0.15) is 30.5 Å². The van der Waals surface area contributed by atoms with E-state index in [2.05, 4.69) is 31.2 Å². The molecule has 0 saturated carbocycles. The van der Waals surface area contributed by atoms with E-state index in [1.165, 1.54) is 22.7 Å². The summed E-state index contributed by atoms with van der Waals surface area (Å²) in [6.45, 7) is 0.793. The van der Waals surface area contributed by atoms with Crippen molar-refractivity contribution in [3.05, 3.63) is 57.5 Å². The number of nitrogens with zero attached hydrogens (tertiary/aromatic N) is 2. The van der Waals surface area contributed by atoms with Gasteiger partial charge in [-0.2, -0.15) is 0 Å². The third kappa shape index (κ3) is 5.05. The van der Waals surface area contributed by atoms with Crippen LogP contribution in [0.5, 0.6) is 0 Å². The lowest BCUT2D eigenvalue weighted by atomic mass is 10.1. The number of anilines is 2. The molecule has 0 radical (unpaired) electrons. The van der Waals surface area contributed by atoms with E-state index in [1.54, 1.807) is 26.5 Å². The van der Waals surface area contributed by atoms with Gasteiger partial charge in [0.05, 0.1) is 12.4 Å². The molecule has 0 aliphatic heterocycles. The minimum absolute atomic E-state index is 0.164. The lowest BCUT2D eigenvalue weighted by Gasteiger charge is -2.07. The highest BCUT2D eigenvalue weighted by Gasteiger charge is 2.11. The maximum atomic E-state index is 12.2. The molecule has 146 valence electrons. The first kappa shape index (κ1) is 19.8. The van der Waals surface area contributed by atoms with Crippen LogP contribution in [0, 0.1) is 0 Å². The summed E-state index contributed by atoms with van der Waals surface area (Å²) in [7, 11) is 3.53. The summed E-state index contributed by atoms with van der Waals surface area (Å²) in [6, 6.07) is 7.72. The third-order valence-corrected chi connectivity index (χ3v) is 5.81.